The number of rotatable bonds is 6. The Bertz CT molecular complexity index is 519. The molecule has 0 atom stereocenters. The molecule has 0 unspecified atom stereocenters. The molecule has 0 fully saturated rings. The lowest BCUT2D eigenvalue weighted by atomic mass is 10.3. The predicted octanol–water partition coefficient (Wildman–Crippen LogP) is 2.07. The molecule has 0 aliphatic carbocycles. The molecule has 0 aromatic heterocycles. The third-order valence-electron chi connectivity index (χ3n) is 2.80. The van der Waals surface area contributed by atoms with Crippen LogP contribution in [-0.2, 0) is 14.8 Å². The van der Waals surface area contributed by atoms with E-state index in [4.69, 9.17) is 0 Å². The summed E-state index contributed by atoms with van der Waals surface area (Å²) in [5.41, 5.74) is 0.602. The molecule has 6 heteroatoms. The first-order chi connectivity index (χ1) is 8.95. The molecular formula is C13H20N2O3S. The van der Waals surface area contributed by atoms with Crippen molar-refractivity contribution >= 4 is 21.6 Å². The van der Waals surface area contributed by atoms with Gasteiger partial charge in [0.05, 0.1) is 4.90 Å². The molecule has 1 amide bonds. The van der Waals surface area contributed by atoms with Crippen molar-refractivity contribution in [2.45, 2.75) is 32.1 Å². The highest BCUT2D eigenvalue weighted by atomic mass is 32.2. The molecule has 0 aliphatic heterocycles. The first-order valence-electron chi connectivity index (χ1n) is 6.35. The van der Waals surface area contributed by atoms with Gasteiger partial charge in [-0.3, -0.25) is 4.79 Å². The number of sulfonamides is 1. The maximum Gasteiger partial charge on any atom is 0.243 e. The first kappa shape index (κ1) is 15.7. The molecule has 0 radical (unpaired) electrons. The van der Waals surface area contributed by atoms with Gasteiger partial charge >= 0.3 is 0 Å². The highest BCUT2D eigenvalue weighted by Gasteiger charge is 2.21. The second kappa shape index (κ2) is 6.68. The van der Waals surface area contributed by atoms with Crippen molar-refractivity contribution in [1.82, 2.24) is 4.31 Å². The fourth-order valence-electron chi connectivity index (χ4n) is 1.67. The van der Waals surface area contributed by atoms with Gasteiger partial charge in [-0.2, -0.15) is 4.31 Å². The summed E-state index contributed by atoms with van der Waals surface area (Å²) < 4.78 is 25.8. The Balaban J connectivity index is 2.95. The van der Waals surface area contributed by atoms with Crippen LogP contribution in [0.1, 0.15) is 27.2 Å². The molecule has 1 N–H and O–H groups in total. The summed E-state index contributed by atoms with van der Waals surface area (Å²) in [6.45, 7) is 6.24. The zero-order valence-corrected chi connectivity index (χ0v) is 12.3. The van der Waals surface area contributed by atoms with Crippen molar-refractivity contribution < 1.29 is 13.2 Å². The van der Waals surface area contributed by atoms with Gasteiger partial charge in [-0.05, 0) is 24.3 Å². The second-order valence-electron chi connectivity index (χ2n) is 4.02. The maximum absolute atomic E-state index is 12.2. The van der Waals surface area contributed by atoms with E-state index in [1.807, 2.05) is 0 Å². The third-order valence-corrected chi connectivity index (χ3v) is 4.87. The molecule has 0 spiro atoms. The van der Waals surface area contributed by atoms with E-state index < -0.39 is 10.0 Å². The van der Waals surface area contributed by atoms with Crippen molar-refractivity contribution in [3.05, 3.63) is 24.3 Å². The quantitative estimate of drug-likeness (QED) is 0.869. The molecule has 5 nitrogen and oxygen atoms in total. The number of benzene rings is 1. The molecule has 1 aromatic carbocycles. The van der Waals surface area contributed by atoms with Gasteiger partial charge < -0.3 is 5.32 Å². The molecule has 0 bridgehead atoms. The standard InChI is InChI=1S/C13H20N2O3S/c1-4-13(16)14-11-7-9-12(10-8-11)19(17,18)15(5-2)6-3/h7-10H,4-6H2,1-3H3,(H,14,16). The van der Waals surface area contributed by atoms with Gasteiger partial charge in [0.2, 0.25) is 15.9 Å². The summed E-state index contributed by atoms with van der Waals surface area (Å²) in [6.07, 6.45) is 0.388. The van der Waals surface area contributed by atoms with Crippen molar-refractivity contribution in [1.29, 1.82) is 0 Å². The van der Waals surface area contributed by atoms with Crippen LogP contribution in [0.3, 0.4) is 0 Å². The summed E-state index contributed by atoms with van der Waals surface area (Å²) in [4.78, 5) is 11.5. The van der Waals surface area contributed by atoms with Gasteiger partial charge in [0.25, 0.3) is 0 Å². The van der Waals surface area contributed by atoms with Crippen LogP contribution in [0.15, 0.2) is 29.2 Å². The normalized spacial score (nSPS) is 11.6. The van der Waals surface area contributed by atoms with E-state index in [-0.39, 0.29) is 10.8 Å². The molecular weight excluding hydrogens is 264 g/mol. The monoisotopic (exact) mass is 284 g/mol. The van der Waals surface area contributed by atoms with Gasteiger partial charge in [-0.25, -0.2) is 8.42 Å². The van der Waals surface area contributed by atoms with Gasteiger partial charge in [-0.15, -0.1) is 0 Å². The van der Waals surface area contributed by atoms with Crippen LogP contribution in [0.2, 0.25) is 0 Å². The Labute approximate surface area is 114 Å². The lowest BCUT2D eigenvalue weighted by molar-refractivity contribution is -0.115. The van der Waals surface area contributed by atoms with Crippen LogP contribution in [-0.4, -0.2) is 31.7 Å². The predicted molar refractivity (Wildman–Crippen MR) is 75.5 cm³/mol. The number of carbonyl (C=O) groups excluding carboxylic acids is 1. The van der Waals surface area contributed by atoms with E-state index in [9.17, 15) is 13.2 Å². The fourth-order valence-corrected chi connectivity index (χ4v) is 3.13. The van der Waals surface area contributed by atoms with E-state index in [1.54, 1.807) is 32.9 Å². The van der Waals surface area contributed by atoms with E-state index in [0.29, 0.717) is 25.2 Å². The lowest BCUT2D eigenvalue weighted by Crippen LogP contribution is -2.30. The number of hydrogen-bond acceptors (Lipinski definition) is 3. The minimum absolute atomic E-state index is 0.0978. The smallest absolute Gasteiger partial charge is 0.243 e. The van der Waals surface area contributed by atoms with Crippen LogP contribution in [0.5, 0.6) is 0 Å². The third kappa shape index (κ3) is 3.78. The van der Waals surface area contributed by atoms with Gasteiger partial charge in [0.1, 0.15) is 0 Å². The van der Waals surface area contributed by atoms with Crippen molar-refractivity contribution in [3.8, 4) is 0 Å². The Hall–Kier alpha value is -1.40. The summed E-state index contributed by atoms with van der Waals surface area (Å²) in [5.74, 6) is -0.0978. The molecule has 106 valence electrons. The molecule has 1 aromatic rings. The second-order valence-corrected chi connectivity index (χ2v) is 5.95. The highest BCUT2D eigenvalue weighted by Crippen LogP contribution is 2.18. The molecule has 1 rings (SSSR count). The number of nitrogens with one attached hydrogen (secondary N) is 1. The molecule has 0 aliphatic rings. The maximum atomic E-state index is 12.2. The number of carbonyl (C=O) groups is 1. The average Bonchev–Trinajstić information content (AvgIpc) is 2.40. The van der Waals surface area contributed by atoms with E-state index in [1.165, 1.54) is 16.4 Å². The van der Waals surface area contributed by atoms with E-state index >= 15 is 0 Å². The Kier molecular flexibility index (Phi) is 5.50. The summed E-state index contributed by atoms with van der Waals surface area (Å²) in [6, 6.07) is 6.23. The summed E-state index contributed by atoms with van der Waals surface area (Å²) >= 11 is 0. The number of amides is 1. The van der Waals surface area contributed by atoms with Crippen LogP contribution in [0.4, 0.5) is 5.69 Å². The van der Waals surface area contributed by atoms with Gasteiger partial charge in [0.15, 0.2) is 0 Å². The molecule has 0 saturated heterocycles. The fraction of sp³-hybridized carbons (Fsp3) is 0.462. The Morgan fingerprint density at radius 2 is 1.63 bits per heavy atom. The van der Waals surface area contributed by atoms with Crippen LogP contribution < -0.4 is 5.32 Å². The molecule has 0 saturated carbocycles. The summed E-state index contributed by atoms with van der Waals surface area (Å²) in [7, 11) is -3.43. The average molecular weight is 284 g/mol. The molecule has 19 heavy (non-hydrogen) atoms. The van der Waals surface area contributed by atoms with Gasteiger partial charge in [-0.1, -0.05) is 20.8 Å². The number of anilines is 1. The lowest BCUT2D eigenvalue weighted by Gasteiger charge is -2.18. The first-order valence-corrected chi connectivity index (χ1v) is 7.79. The van der Waals surface area contributed by atoms with Crippen molar-refractivity contribution in [3.63, 3.8) is 0 Å². The topological polar surface area (TPSA) is 66.5 Å². The Morgan fingerprint density at radius 1 is 1.11 bits per heavy atom. The zero-order chi connectivity index (χ0) is 14.5. The van der Waals surface area contributed by atoms with Crippen LogP contribution in [0.25, 0.3) is 0 Å². The SMILES string of the molecule is CCC(=O)Nc1ccc(S(=O)(=O)N(CC)CC)cc1. The number of hydrogen-bond donors (Lipinski definition) is 1. The number of nitrogens with zero attached hydrogens (tertiary/aromatic N) is 1. The highest BCUT2D eigenvalue weighted by molar-refractivity contribution is 7.89. The van der Waals surface area contributed by atoms with Gasteiger partial charge in [0, 0.05) is 25.2 Å². The van der Waals surface area contributed by atoms with E-state index in [0.717, 1.165) is 0 Å². The minimum Gasteiger partial charge on any atom is -0.326 e. The van der Waals surface area contributed by atoms with Crippen LogP contribution >= 0.6 is 0 Å². The molecule has 0 heterocycles. The Morgan fingerprint density at radius 3 is 2.05 bits per heavy atom. The minimum atomic E-state index is -3.43. The van der Waals surface area contributed by atoms with E-state index in [2.05, 4.69) is 5.32 Å². The van der Waals surface area contributed by atoms with Crippen molar-refractivity contribution in [2.24, 2.45) is 0 Å². The largest absolute Gasteiger partial charge is 0.326 e. The van der Waals surface area contributed by atoms with Crippen LogP contribution in [0, 0.1) is 0 Å². The zero-order valence-electron chi connectivity index (χ0n) is 11.5. The summed E-state index contributed by atoms with van der Waals surface area (Å²) in [5, 5.41) is 2.68. The van der Waals surface area contributed by atoms with Crippen molar-refractivity contribution in [2.75, 3.05) is 18.4 Å².